The summed E-state index contributed by atoms with van der Waals surface area (Å²) in [5.41, 5.74) is 3.41. The fourth-order valence-electron chi connectivity index (χ4n) is 5.85. The van der Waals surface area contributed by atoms with Gasteiger partial charge >= 0.3 is 5.97 Å². The molecular weight excluding hydrogens is 691 g/mol. The molecule has 1 aliphatic rings. The van der Waals surface area contributed by atoms with E-state index < -0.39 is 17.8 Å². The molecule has 238 valence electrons. The maximum atomic E-state index is 14.2. The fourth-order valence-corrected chi connectivity index (χ4v) is 7.36. The smallest absolute Gasteiger partial charge is 0.338 e. The Morgan fingerprint density at radius 3 is 2.48 bits per heavy atom. The number of rotatable bonds is 8. The van der Waals surface area contributed by atoms with E-state index in [1.807, 2.05) is 66.7 Å². The molecule has 5 aromatic carbocycles. The fraction of sp³-hybridized carbons (Fsp3) is 0.103. The highest BCUT2D eigenvalue weighted by molar-refractivity contribution is 9.10. The lowest BCUT2D eigenvalue weighted by molar-refractivity contribution is -0.138. The zero-order valence-corrected chi connectivity index (χ0v) is 28.1. The van der Waals surface area contributed by atoms with Gasteiger partial charge in [-0.2, -0.15) is 0 Å². The number of aromatic nitrogens is 1. The molecule has 0 N–H and O–H groups in total. The first-order valence-corrected chi connectivity index (χ1v) is 16.9. The Morgan fingerprint density at radius 1 is 0.958 bits per heavy atom. The largest absolute Gasteiger partial charge is 0.488 e. The predicted octanol–water partition coefficient (Wildman–Crippen LogP) is 7.57. The third-order valence-electron chi connectivity index (χ3n) is 8.08. The molecule has 0 radical (unpaired) electrons. The minimum atomic E-state index is -0.880. The number of fused-ring (bicyclic) bond motifs is 2. The second kappa shape index (κ2) is 13.5. The van der Waals surface area contributed by atoms with Crippen LogP contribution in [0.3, 0.4) is 0 Å². The van der Waals surface area contributed by atoms with Crippen LogP contribution < -0.4 is 19.6 Å². The van der Waals surface area contributed by atoms with Crippen LogP contribution in [0.4, 0.5) is 4.39 Å². The highest BCUT2D eigenvalue weighted by atomic mass is 79.9. The quantitative estimate of drug-likeness (QED) is 0.152. The van der Waals surface area contributed by atoms with E-state index in [1.54, 1.807) is 25.1 Å². The third-order valence-corrected chi connectivity index (χ3v) is 9.68. The van der Waals surface area contributed by atoms with Crippen molar-refractivity contribution in [2.24, 2.45) is 4.99 Å². The molecule has 1 aromatic heterocycles. The Bertz CT molecular complexity index is 2380. The Kier molecular flexibility index (Phi) is 8.88. The number of nitrogens with zero attached hydrogens (tertiary/aromatic N) is 2. The number of thiazole rings is 1. The molecule has 0 saturated carbocycles. The number of ether oxygens (including phenoxy) is 2. The molecule has 0 fully saturated rings. The molecule has 9 heteroatoms. The highest BCUT2D eigenvalue weighted by Crippen LogP contribution is 2.35. The summed E-state index contributed by atoms with van der Waals surface area (Å²) in [5.74, 6) is -0.345. The molecule has 6 nitrogen and oxygen atoms in total. The molecule has 0 amide bonds. The van der Waals surface area contributed by atoms with E-state index in [-0.39, 0.29) is 17.7 Å². The third kappa shape index (κ3) is 6.14. The molecule has 0 unspecified atom stereocenters. The number of hydrogen-bond acceptors (Lipinski definition) is 6. The van der Waals surface area contributed by atoms with Crippen molar-refractivity contribution in [2.75, 3.05) is 6.61 Å². The highest BCUT2D eigenvalue weighted by Gasteiger charge is 2.35. The molecule has 0 bridgehead atoms. The summed E-state index contributed by atoms with van der Waals surface area (Å²) in [6.45, 7) is 2.26. The number of esters is 1. The Hall–Kier alpha value is -5.12. The minimum Gasteiger partial charge on any atom is -0.488 e. The molecule has 0 spiro atoms. The van der Waals surface area contributed by atoms with Crippen molar-refractivity contribution < 1.29 is 18.7 Å². The van der Waals surface area contributed by atoms with Crippen molar-refractivity contribution in [1.82, 2.24) is 4.57 Å². The summed E-state index contributed by atoms with van der Waals surface area (Å²) in [4.78, 5) is 33.0. The lowest BCUT2D eigenvalue weighted by Crippen LogP contribution is -2.40. The van der Waals surface area contributed by atoms with Gasteiger partial charge in [-0.05, 0) is 80.7 Å². The normalized spacial score (nSPS) is 14.5. The van der Waals surface area contributed by atoms with Gasteiger partial charge in [-0.1, -0.05) is 102 Å². The molecule has 2 heterocycles. The molecule has 1 aliphatic heterocycles. The monoisotopic (exact) mass is 718 g/mol. The zero-order chi connectivity index (χ0) is 33.2. The summed E-state index contributed by atoms with van der Waals surface area (Å²) in [6.07, 6.45) is 1.79. The van der Waals surface area contributed by atoms with Gasteiger partial charge in [0.05, 0.1) is 32.9 Å². The minimum absolute atomic E-state index is 0.140. The van der Waals surface area contributed by atoms with Crippen LogP contribution in [-0.2, 0) is 16.1 Å². The lowest BCUT2D eigenvalue weighted by atomic mass is 9.93. The number of carbonyl (C=O) groups excluding carboxylic acids is 1. The van der Waals surface area contributed by atoms with Gasteiger partial charge in [0, 0.05) is 5.56 Å². The lowest BCUT2D eigenvalue weighted by Gasteiger charge is -2.25. The molecular formula is C39H28BrFN2O4S. The number of carbonyl (C=O) groups is 1. The molecule has 0 aliphatic carbocycles. The summed E-state index contributed by atoms with van der Waals surface area (Å²) < 4.78 is 28.4. The van der Waals surface area contributed by atoms with Crippen LogP contribution >= 0.6 is 27.3 Å². The van der Waals surface area contributed by atoms with Crippen LogP contribution in [0, 0.1) is 5.82 Å². The summed E-state index contributed by atoms with van der Waals surface area (Å²) in [7, 11) is 0. The Morgan fingerprint density at radius 2 is 1.71 bits per heavy atom. The van der Waals surface area contributed by atoms with E-state index in [0.717, 1.165) is 26.4 Å². The van der Waals surface area contributed by atoms with Crippen molar-refractivity contribution >= 4 is 55.8 Å². The molecule has 0 saturated heterocycles. The van der Waals surface area contributed by atoms with E-state index in [0.29, 0.717) is 38.5 Å². The summed E-state index contributed by atoms with van der Waals surface area (Å²) in [5, 5.41) is 2.30. The standard InChI is InChI=1S/C39H28BrFN2O4S/c1-2-46-38(45)34-35(26-10-4-3-5-11-26)42-39-43(36(34)27-16-18-29(41)19-17-27)37(44)33(48-39)22-24-15-20-32(31(40)21-24)47-23-28-13-8-12-25-9-6-7-14-30(25)28/h3-22,36H,2,23H2,1H3/b33-22-/t36-/m0/s1. The van der Waals surface area contributed by atoms with Gasteiger partial charge in [-0.3, -0.25) is 9.36 Å². The van der Waals surface area contributed by atoms with E-state index >= 15 is 0 Å². The first-order valence-electron chi connectivity index (χ1n) is 15.3. The Balaban J connectivity index is 1.29. The van der Waals surface area contributed by atoms with Crippen LogP contribution in [0.2, 0.25) is 0 Å². The molecule has 6 aromatic rings. The predicted molar refractivity (Wildman–Crippen MR) is 190 cm³/mol. The van der Waals surface area contributed by atoms with E-state index in [2.05, 4.69) is 40.2 Å². The molecule has 1 atom stereocenters. The van der Waals surface area contributed by atoms with E-state index in [4.69, 9.17) is 14.5 Å². The number of halogens is 2. The maximum absolute atomic E-state index is 14.2. The van der Waals surface area contributed by atoms with E-state index in [9.17, 15) is 14.0 Å². The van der Waals surface area contributed by atoms with Gasteiger partial charge in [0.2, 0.25) is 0 Å². The second-order valence-corrected chi connectivity index (χ2v) is 13.0. The molecule has 7 rings (SSSR count). The number of hydrogen-bond donors (Lipinski definition) is 0. The first-order chi connectivity index (χ1) is 23.4. The van der Waals surface area contributed by atoms with Crippen LogP contribution in [0.15, 0.2) is 135 Å². The van der Waals surface area contributed by atoms with Crippen molar-refractivity contribution in [3.05, 3.63) is 173 Å². The first kappa shape index (κ1) is 31.5. The van der Waals surface area contributed by atoms with Crippen LogP contribution in [0.5, 0.6) is 5.75 Å². The SMILES string of the molecule is CCOC(=O)C1=C(c2ccccc2)N=c2s/c(=C\c3ccc(OCc4cccc5ccccc45)c(Br)c3)c(=O)n2[C@H]1c1ccc(F)cc1. The second-order valence-electron chi connectivity index (χ2n) is 11.1. The van der Waals surface area contributed by atoms with E-state index in [1.165, 1.54) is 28.0 Å². The van der Waals surface area contributed by atoms with Gasteiger partial charge in [0.1, 0.15) is 18.2 Å². The Labute approximate surface area is 287 Å². The summed E-state index contributed by atoms with van der Waals surface area (Å²) in [6, 6.07) is 34.2. The molecule has 48 heavy (non-hydrogen) atoms. The van der Waals surface area contributed by atoms with Crippen molar-refractivity contribution in [3.8, 4) is 5.75 Å². The maximum Gasteiger partial charge on any atom is 0.338 e. The average molecular weight is 720 g/mol. The van der Waals surface area contributed by atoms with Gasteiger partial charge < -0.3 is 9.47 Å². The van der Waals surface area contributed by atoms with Crippen molar-refractivity contribution in [2.45, 2.75) is 19.6 Å². The van der Waals surface area contributed by atoms with Gasteiger partial charge in [0.15, 0.2) is 4.80 Å². The average Bonchev–Trinajstić information content (AvgIpc) is 3.42. The number of benzene rings is 5. The van der Waals surface area contributed by atoms with Crippen LogP contribution in [-0.4, -0.2) is 17.1 Å². The van der Waals surface area contributed by atoms with Gasteiger partial charge in [-0.25, -0.2) is 14.2 Å². The van der Waals surface area contributed by atoms with Crippen molar-refractivity contribution in [3.63, 3.8) is 0 Å². The van der Waals surface area contributed by atoms with Gasteiger partial charge in [0.25, 0.3) is 5.56 Å². The summed E-state index contributed by atoms with van der Waals surface area (Å²) >= 11 is 4.87. The zero-order valence-electron chi connectivity index (χ0n) is 25.7. The van der Waals surface area contributed by atoms with Crippen molar-refractivity contribution in [1.29, 1.82) is 0 Å². The topological polar surface area (TPSA) is 69.9 Å². The van der Waals surface area contributed by atoms with Gasteiger partial charge in [-0.15, -0.1) is 0 Å². The van der Waals surface area contributed by atoms with Crippen LogP contribution in [0.25, 0.3) is 22.5 Å². The van der Waals surface area contributed by atoms with Crippen LogP contribution in [0.1, 0.15) is 35.2 Å².